The van der Waals surface area contributed by atoms with Gasteiger partial charge in [0.1, 0.15) is 0 Å². The van der Waals surface area contributed by atoms with E-state index < -0.39 is 5.97 Å². The Balaban J connectivity index is 2.69. The molecule has 1 fully saturated rings. The predicted octanol–water partition coefficient (Wildman–Crippen LogP) is 0.750. The normalized spacial score (nSPS) is 18.5. The second-order valence-corrected chi connectivity index (χ2v) is 5.61. The Kier molecular flexibility index (Phi) is 6.45. The van der Waals surface area contributed by atoms with Gasteiger partial charge in [-0.2, -0.15) is 0 Å². The van der Waals surface area contributed by atoms with Gasteiger partial charge in [0.05, 0.1) is 12.3 Å². The predicted molar refractivity (Wildman–Crippen MR) is 77.9 cm³/mol. The van der Waals surface area contributed by atoms with Gasteiger partial charge >= 0.3 is 12.0 Å². The Labute approximate surface area is 125 Å². The van der Waals surface area contributed by atoms with Gasteiger partial charge in [0.15, 0.2) is 0 Å². The number of carbonyl (C=O) groups is 3. The number of urea groups is 1. The molecule has 21 heavy (non-hydrogen) atoms. The fourth-order valence-corrected chi connectivity index (χ4v) is 2.54. The molecule has 0 saturated carbocycles. The van der Waals surface area contributed by atoms with Crippen molar-refractivity contribution in [2.45, 2.75) is 39.2 Å². The zero-order valence-corrected chi connectivity index (χ0v) is 13.0. The van der Waals surface area contributed by atoms with Gasteiger partial charge in [0.2, 0.25) is 5.91 Å². The maximum atomic E-state index is 12.5. The lowest BCUT2D eigenvalue weighted by molar-refractivity contribution is -0.137. The first kappa shape index (κ1) is 17.3. The van der Waals surface area contributed by atoms with Gasteiger partial charge in [-0.05, 0) is 26.7 Å². The highest BCUT2D eigenvalue weighted by Gasteiger charge is 2.31. The van der Waals surface area contributed by atoms with Crippen LogP contribution in [0.4, 0.5) is 4.79 Å². The molecule has 1 heterocycles. The van der Waals surface area contributed by atoms with Gasteiger partial charge in [-0.15, -0.1) is 0 Å². The zero-order valence-electron chi connectivity index (χ0n) is 13.0. The molecule has 1 atom stereocenters. The Morgan fingerprint density at radius 1 is 1.38 bits per heavy atom. The quantitative estimate of drug-likeness (QED) is 0.784. The monoisotopic (exact) mass is 299 g/mol. The summed E-state index contributed by atoms with van der Waals surface area (Å²) >= 11 is 0. The lowest BCUT2D eigenvalue weighted by Gasteiger charge is -2.37. The van der Waals surface area contributed by atoms with Crippen LogP contribution in [0.2, 0.25) is 0 Å². The molecule has 1 aliphatic rings. The molecule has 0 aliphatic carbocycles. The van der Waals surface area contributed by atoms with Crippen LogP contribution in [0.3, 0.4) is 0 Å². The van der Waals surface area contributed by atoms with Crippen LogP contribution in [0.5, 0.6) is 0 Å². The fraction of sp³-hybridized carbons (Fsp3) is 0.786. The maximum Gasteiger partial charge on any atom is 0.320 e. The summed E-state index contributed by atoms with van der Waals surface area (Å²) in [6.45, 7) is 4.92. The summed E-state index contributed by atoms with van der Waals surface area (Å²) in [5, 5.41) is 11.4. The first-order valence-corrected chi connectivity index (χ1v) is 7.35. The Hall–Kier alpha value is -1.79. The van der Waals surface area contributed by atoms with E-state index in [0.717, 1.165) is 12.8 Å². The lowest BCUT2D eigenvalue weighted by atomic mass is 9.97. The third kappa shape index (κ3) is 4.91. The van der Waals surface area contributed by atoms with Crippen molar-refractivity contribution in [1.82, 2.24) is 15.1 Å². The summed E-state index contributed by atoms with van der Waals surface area (Å²) in [5.41, 5.74) is 0. The smallest absolute Gasteiger partial charge is 0.320 e. The molecule has 0 aromatic heterocycles. The number of nitrogens with one attached hydrogen (secondary N) is 1. The molecule has 7 heteroatoms. The number of carbonyl (C=O) groups excluding carboxylic acids is 2. The summed E-state index contributed by atoms with van der Waals surface area (Å²) in [4.78, 5) is 38.2. The van der Waals surface area contributed by atoms with E-state index in [2.05, 4.69) is 5.32 Å². The van der Waals surface area contributed by atoms with Gasteiger partial charge in [-0.3, -0.25) is 9.59 Å². The second kappa shape index (κ2) is 7.85. The van der Waals surface area contributed by atoms with Crippen LogP contribution in [0.15, 0.2) is 0 Å². The van der Waals surface area contributed by atoms with E-state index in [-0.39, 0.29) is 36.9 Å². The van der Waals surface area contributed by atoms with Crippen molar-refractivity contribution in [1.29, 1.82) is 0 Å². The molecule has 3 amide bonds. The summed E-state index contributed by atoms with van der Waals surface area (Å²) < 4.78 is 0. The molecule has 1 aliphatic heterocycles. The molecule has 1 unspecified atom stereocenters. The van der Waals surface area contributed by atoms with E-state index in [1.54, 1.807) is 16.8 Å². The van der Waals surface area contributed by atoms with Crippen molar-refractivity contribution in [3.05, 3.63) is 0 Å². The third-order valence-electron chi connectivity index (χ3n) is 3.74. The van der Waals surface area contributed by atoms with Crippen molar-refractivity contribution >= 4 is 17.9 Å². The minimum atomic E-state index is -0.921. The summed E-state index contributed by atoms with van der Waals surface area (Å²) in [7, 11) is 1.59. The van der Waals surface area contributed by atoms with Crippen molar-refractivity contribution in [3.8, 4) is 0 Å². The molecule has 0 aromatic carbocycles. The van der Waals surface area contributed by atoms with Crippen LogP contribution in [0.25, 0.3) is 0 Å². The number of hydrogen-bond donors (Lipinski definition) is 2. The summed E-state index contributed by atoms with van der Waals surface area (Å²) in [6, 6.07) is -0.253. The van der Waals surface area contributed by atoms with Gasteiger partial charge in [-0.1, -0.05) is 0 Å². The Morgan fingerprint density at radius 2 is 2.05 bits per heavy atom. The van der Waals surface area contributed by atoms with Gasteiger partial charge in [-0.25, -0.2) is 4.79 Å². The molecule has 1 rings (SSSR count). The molecule has 2 N–H and O–H groups in total. The minimum absolute atomic E-state index is 0.0471. The number of likely N-dealkylation sites (tertiary alicyclic amines) is 1. The fourth-order valence-electron chi connectivity index (χ4n) is 2.54. The van der Waals surface area contributed by atoms with Gasteiger partial charge in [0, 0.05) is 32.7 Å². The number of rotatable bonds is 5. The zero-order chi connectivity index (χ0) is 16.0. The average molecular weight is 299 g/mol. The number of carboxylic acids is 1. The van der Waals surface area contributed by atoms with Crippen molar-refractivity contribution in [2.24, 2.45) is 5.92 Å². The molecule has 120 valence electrons. The molecule has 0 radical (unpaired) electrons. The lowest BCUT2D eigenvalue weighted by Crippen LogP contribution is -2.52. The molecule has 0 spiro atoms. The van der Waals surface area contributed by atoms with E-state index in [1.165, 1.54) is 0 Å². The number of carboxylic acid groups (broad SMARTS) is 1. The highest BCUT2D eigenvalue weighted by molar-refractivity contribution is 5.81. The van der Waals surface area contributed by atoms with E-state index >= 15 is 0 Å². The summed E-state index contributed by atoms with van der Waals surface area (Å²) in [6.07, 6.45) is 1.49. The Morgan fingerprint density at radius 3 is 2.57 bits per heavy atom. The highest BCUT2D eigenvalue weighted by atomic mass is 16.4. The van der Waals surface area contributed by atoms with Crippen LogP contribution in [0, 0.1) is 5.92 Å². The number of amides is 3. The first-order valence-electron chi connectivity index (χ1n) is 7.35. The first-order chi connectivity index (χ1) is 9.86. The second-order valence-electron chi connectivity index (χ2n) is 5.61. The summed E-state index contributed by atoms with van der Waals surface area (Å²) in [5.74, 6) is -1.15. The van der Waals surface area contributed by atoms with E-state index in [0.29, 0.717) is 13.1 Å². The number of piperidine rings is 1. The third-order valence-corrected chi connectivity index (χ3v) is 3.74. The Bertz CT molecular complexity index is 398. The van der Waals surface area contributed by atoms with Crippen LogP contribution in [-0.4, -0.2) is 65.5 Å². The highest BCUT2D eigenvalue weighted by Crippen LogP contribution is 2.19. The van der Waals surface area contributed by atoms with E-state index in [4.69, 9.17) is 5.11 Å². The number of nitrogens with zero attached hydrogens (tertiary/aromatic N) is 2. The van der Waals surface area contributed by atoms with Crippen molar-refractivity contribution in [3.63, 3.8) is 0 Å². The van der Waals surface area contributed by atoms with Crippen molar-refractivity contribution in [2.75, 3.05) is 26.7 Å². The van der Waals surface area contributed by atoms with Crippen LogP contribution < -0.4 is 5.32 Å². The molecule has 0 aromatic rings. The average Bonchev–Trinajstić information content (AvgIpc) is 2.45. The standard InChI is InChI=1S/C14H25N3O4/c1-10(2)17(8-6-12(18)19)14(21)16-7-4-5-11(9-16)13(20)15-3/h10-11H,4-9H2,1-3H3,(H,15,20)(H,18,19). The largest absolute Gasteiger partial charge is 0.481 e. The number of hydrogen-bond acceptors (Lipinski definition) is 3. The SMILES string of the molecule is CNC(=O)C1CCCN(C(=O)N(CCC(=O)O)C(C)C)C1. The van der Waals surface area contributed by atoms with Gasteiger partial charge < -0.3 is 20.2 Å². The molecular weight excluding hydrogens is 274 g/mol. The van der Waals surface area contributed by atoms with E-state index in [9.17, 15) is 14.4 Å². The van der Waals surface area contributed by atoms with E-state index in [1.807, 2.05) is 13.8 Å². The molecular formula is C14H25N3O4. The molecule has 0 bridgehead atoms. The van der Waals surface area contributed by atoms with Crippen LogP contribution in [-0.2, 0) is 9.59 Å². The maximum absolute atomic E-state index is 12.5. The van der Waals surface area contributed by atoms with Gasteiger partial charge in [0.25, 0.3) is 0 Å². The topological polar surface area (TPSA) is 90.0 Å². The number of aliphatic carboxylic acids is 1. The van der Waals surface area contributed by atoms with Crippen LogP contribution >= 0.6 is 0 Å². The van der Waals surface area contributed by atoms with Crippen LogP contribution in [0.1, 0.15) is 33.1 Å². The van der Waals surface area contributed by atoms with Crippen molar-refractivity contribution < 1.29 is 19.5 Å². The molecule has 7 nitrogen and oxygen atoms in total. The minimum Gasteiger partial charge on any atom is -0.481 e. The molecule has 1 saturated heterocycles.